The van der Waals surface area contributed by atoms with Crippen molar-refractivity contribution in [3.8, 4) is 0 Å². The predicted octanol–water partition coefficient (Wildman–Crippen LogP) is 1.38. The van der Waals surface area contributed by atoms with Gasteiger partial charge < -0.3 is 4.74 Å². The highest BCUT2D eigenvalue weighted by Gasteiger charge is 2.41. The van der Waals surface area contributed by atoms with Crippen LogP contribution in [0.15, 0.2) is 35.4 Å². The van der Waals surface area contributed by atoms with Crippen LogP contribution in [0, 0.1) is 0 Å². The number of hydrogen-bond donors (Lipinski definition) is 0. The monoisotopic (exact) mass is 365 g/mol. The van der Waals surface area contributed by atoms with E-state index in [9.17, 15) is 18.0 Å². The average Bonchev–Trinajstić information content (AvgIpc) is 3.11. The van der Waals surface area contributed by atoms with Crippen molar-refractivity contribution in [1.82, 2.24) is 4.90 Å². The van der Waals surface area contributed by atoms with Crippen LogP contribution in [-0.4, -0.2) is 55.3 Å². The van der Waals surface area contributed by atoms with Crippen LogP contribution in [0.5, 0.6) is 0 Å². The van der Waals surface area contributed by atoms with Gasteiger partial charge in [-0.1, -0.05) is 18.2 Å². The molecule has 1 saturated heterocycles. The number of ether oxygens (including phenoxy) is 1. The van der Waals surface area contributed by atoms with Gasteiger partial charge in [-0.3, -0.25) is 9.69 Å². The van der Waals surface area contributed by atoms with Gasteiger partial charge in [0.15, 0.2) is 9.84 Å². The minimum absolute atomic E-state index is 0.0111. The number of carbonyl (C=O) groups excluding carboxylic acids is 2. The van der Waals surface area contributed by atoms with Gasteiger partial charge in [0.1, 0.15) is 5.84 Å². The molecule has 2 aliphatic heterocycles. The highest BCUT2D eigenvalue weighted by Crippen LogP contribution is 2.25. The van der Waals surface area contributed by atoms with Crippen molar-refractivity contribution < 1.29 is 22.7 Å². The SMILES string of the molecule is CCOC(=O)N(C1=NN(c2ccccc2)C(=O)C1)C1CCS(=O)(=O)C1. The molecule has 0 aromatic heterocycles. The fraction of sp³-hybridized carbons (Fsp3) is 0.438. The van der Waals surface area contributed by atoms with Gasteiger partial charge in [-0.15, -0.1) is 0 Å². The first-order chi connectivity index (χ1) is 11.9. The molecular weight excluding hydrogens is 346 g/mol. The lowest BCUT2D eigenvalue weighted by molar-refractivity contribution is -0.116. The Bertz CT molecular complexity index is 806. The second kappa shape index (κ2) is 6.83. The zero-order valence-electron chi connectivity index (χ0n) is 13.8. The summed E-state index contributed by atoms with van der Waals surface area (Å²) in [6, 6.07) is 8.29. The maximum Gasteiger partial charge on any atom is 0.415 e. The maximum atomic E-state index is 12.4. The third-order valence-electron chi connectivity index (χ3n) is 4.08. The number of hydrazone groups is 1. The van der Waals surface area contributed by atoms with Crippen LogP contribution < -0.4 is 5.01 Å². The summed E-state index contributed by atoms with van der Waals surface area (Å²) in [7, 11) is -3.20. The number of carbonyl (C=O) groups is 2. The molecule has 1 fully saturated rings. The number of nitrogens with zero attached hydrogens (tertiary/aromatic N) is 3. The quantitative estimate of drug-likeness (QED) is 0.806. The summed E-state index contributed by atoms with van der Waals surface area (Å²) < 4.78 is 28.6. The second-order valence-electron chi connectivity index (χ2n) is 5.86. The van der Waals surface area contributed by atoms with Crippen LogP contribution in [0.4, 0.5) is 10.5 Å². The summed E-state index contributed by atoms with van der Waals surface area (Å²) in [5.41, 5.74) is 0.588. The molecular formula is C16H19N3O5S. The highest BCUT2D eigenvalue weighted by molar-refractivity contribution is 7.91. The van der Waals surface area contributed by atoms with Gasteiger partial charge in [0.05, 0.1) is 36.3 Å². The maximum absolute atomic E-state index is 12.4. The lowest BCUT2D eigenvalue weighted by Gasteiger charge is -2.26. The zero-order valence-corrected chi connectivity index (χ0v) is 14.6. The molecule has 2 aliphatic rings. The van der Waals surface area contributed by atoms with Gasteiger partial charge in [0.25, 0.3) is 5.91 Å². The number of rotatable bonds is 3. The standard InChI is InChI=1S/C16H19N3O5S/c1-2-24-16(21)18(13-8-9-25(22,23)11-13)14-10-15(20)19(17-14)12-6-4-3-5-7-12/h3-7,13H,2,8-11H2,1H3. The van der Waals surface area contributed by atoms with Gasteiger partial charge in [0.2, 0.25) is 0 Å². The number of amides is 2. The van der Waals surface area contributed by atoms with E-state index in [1.54, 1.807) is 31.2 Å². The van der Waals surface area contributed by atoms with E-state index in [-0.39, 0.29) is 36.3 Å². The molecule has 8 nitrogen and oxygen atoms in total. The molecule has 1 unspecified atom stereocenters. The average molecular weight is 365 g/mol. The summed E-state index contributed by atoms with van der Waals surface area (Å²) in [6.45, 7) is 1.82. The van der Waals surface area contributed by atoms with Crippen LogP contribution in [0.2, 0.25) is 0 Å². The molecule has 3 rings (SSSR count). The Morgan fingerprint density at radius 1 is 1.36 bits per heavy atom. The molecule has 0 bridgehead atoms. The molecule has 0 radical (unpaired) electrons. The summed E-state index contributed by atoms with van der Waals surface area (Å²) in [5.74, 6) is -0.201. The Labute approximate surface area is 146 Å². The normalized spacial score (nSPS) is 22.0. The Balaban J connectivity index is 1.91. The smallest absolute Gasteiger partial charge is 0.415 e. The molecule has 2 amide bonds. The number of sulfone groups is 1. The van der Waals surface area contributed by atoms with Gasteiger partial charge >= 0.3 is 6.09 Å². The number of anilines is 1. The van der Waals surface area contributed by atoms with E-state index in [2.05, 4.69) is 5.10 Å². The number of benzene rings is 1. The molecule has 9 heteroatoms. The van der Waals surface area contributed by atoms with Crippen LogP contribution in [-0.2, 0) is 19.4 Å². The van der Waals surface area contributed by atoms with Crippen molar-refractivity contribution in [2.24, 2.45) is 5.10 Å². The van der Waals surface area contributed by atoms with Crippen molar-refractivity contribution in [1.29, 1.82) is 0 Å². The van der Waals surface area contributed by atoms with Gasteiger partial charge in [0, 0.05) is 0 Å². The number of hydrogen-bond acceptors (Lipinski definition) is 6. The first-order valence-corrected chi connectivity index (χ1v) is 9.85. The Morgan fingerprint density at radius 2 is 2.08 bits per heavy atom. The van der Waals surface area contributed by atoms with Crippen molar-refractivity contribution in [3.63, 3.8) is 0 Å². The molecule has 25 heavy (non-hydrogen) atoms. The Morgan fingerprint density at radius 3 is 2.68 bits per heavy atom. The zero-order chi connectivity index (χ0) is 18.0. The summed E-state index contributed by atoms with van der Waals surface area (Å²) in [4.78, 5) is 25.9. The van der Waals surface area contributed by atoms with E-state index in [0.717, 1.165) is 0 Å². The molecule has 2 heterocycles. The molecule has 1 aromatic rings. The summed E-state index contributed by atoms with van der Waals surface area (Å²) in [6.07, 6.45) is -0.449. The van der Waals surface area contributed by atoms with Gasteiger partial charge in [-0.2, -0.15) is 10.1 Å². The predicted molar refractivity (Wildman–Crippen MR) is 91.9 cm³/mol. The highest BCUT2D eigenvalue weighted by atomic mass is 32.2. The topological polar surface area (TPSA) is 96.3 Å². The first-order valence-electron chi connectivity index (χ1n) is 8.03. The minimum atomic E-state index is -3.20. The Kier molecular flexibility index (Phi) is 4.76. The summed E-state index contributed by atoms with van der Waals surface area (Å²) >= 11 is 0. The molecule has 0 spiro atoms. The van der Waals surface area contributed by atoms with E-state index in [4.69, 9.17) is 4.74 Å². The van der Waals surface area contributed by atoms with Crippen molar-refractivity contribution >= 4 is 33.4 Å². The number of para-hydroxylation sites is 1. The second-order valence-corrected chi connectivity index (χ2v) is 8.09. The van der Waals surface area contributed by atoms with Crippen LogP contribution in [0.25, 0.3) is 0 Å². The molecule has 0 aliphatic carbocycles. The molecule has 0 N–H and O–H groups in total. The van der Waals surface area contributed by atoms with Crippen molar-refractivity contribution in [2.75, 3.05) is 23.1 Å². The van der Waals surface area contributed by atoms with Crippen LogP contribution >= 0.6 is 0 Å². The van der Waals surface area contributed by atoms with E-state index in [1.165, 1.54) is 9.91 Å². The van der Waals surface area contributed by atoms with Crippen LogP contribution in [0.3, 0.4) is 0 Å². The van der Waals surface area contributed by atoms with Crippen molar-refractivity contribution in [2.45, 2.75) is 25.8 Å². The third kappa shape index (κ3) is 3.65. The van der Waals surface area contributed by atoms with Gasteiger partial charge in [-0.05, 0) is 25.5 Å². The largest absolute Gasteiger partial charge is 0.449 e. The molecule has 134 valence electrons. The summed E-state index contributed by atoms with van der Waals surface area (Å²) in [5, 5.41) is 5.49. The molecule has 1 aromatic carbocycles. The molecule has 1 atom stereocenters. The van der Waals surface area contributed by atoms with E-state index >= 15 is 0 Å². The molecule has 0 saturated carbocycles. The third-order valence-corrected chi connectivity index (χ3v) is 5.83. The van der Waals surface area contributed by atoms with Crippen LogP contribution in [0.1, 0.15) is 19.8 Å². The lowest BCUT2D eigenvalue weighted by atomic mass is 10.2. The van der Waals surface area contributed by atoms with E-state index in [0.29, 0.717) is 12.1 Å². The van der Waals surface area contributed by atoms with E-state index < -0.39 is 22.0 Å². The number of amidine groups is 1. The fourth-order valence-electron chi connectivity index (χ4n) is 2.96. The minimum Gasteiger partial charge on any atom is -0.449 e. The first kappa shape index (κ1) is 17.4. The fourth-order valence-corrected chi connectivity index (χ4v) is 4.66. The lowest BCUT2D eigenvalue weighted by Crippen LogP contribution is -2.45. The van der Waals surface area contributed by atoms with Gasteiger partial charge in [-0.25, -0.2) is 13.2 Å². The Hall–Kier alpha value is -2.42. The van der Waals surface area contributed by atoms with E-state index in [1.807, 2.05) is 6.07 Å². The van der Waals surface area contributed by atoms with Crippen molar-refractivity contribution in [3.05, 3.63) is 30.3 Å².